The second-order valence-corrected chi connectivity index (χ2v) is 13.0. The van der Waals surface area contributed by atoms with Crippen LogP contribution in [0.4, 0.5) is 0 Å². The van der Waals surface area contributed by atoms with Crippen LogP contribution in [0, 0.1) is 0 Å². The minimum absolute atomic E-state index is 0.522. The molecule has 0 aromatic heterocycles. The summed E-state index contributed by atoms with van der Waals surface area (Å²) in [5.41, 5.74) is 0. The molecule has 12 nitrogen and oxygen atoms in total. The fraction of sp³-hybridized carbons (Fsp3) is 1.00. The molecular formula is C41H84O12. The van der Waals surface area contributed by atoms with E-state index in [-0.39, 0.29) is 0 Å². The van der Waals surface area contributed by atoms with E-state index in [0.29, 0.717) is 145 Å². The van der Waals surface area contributed by atoms with Crippen LogP contribution in [0.15, 0.2) is 0 Å². The molecule has 0 amide bonds. The molecule has 0 unspecified atom stereocenters. The first kappa shape index (κ1) is 52.5. The Labute approximate surface area is 325 Å². The van der Waals surface area contributed by atoms with Gasteiger partial charge in [0.1, 0.15) is 0 Å². The quantitative estimate of drug-likeness (QED) is 0.0590. The van der Waals surface area contributed by atoms with Gasteiger partial charge in [-0.05, 0) is 6.42 Å². The Balaban J connectivity index is 3.05. The number of unbranched alkanes of at least 4 members (excludes halogenated alkanes) is 15. The molecule has 53 heavy (non-hydrogen) atoms. The van der Waals surface area contributed by atoms with Gasteiger partial charge in [-0.2, -0.15) is 0 Å². The third-order valence-electron chi connectivity index (χ3n) is 8.29. The standard InChI is InChI=1S/C41H84O12/c1-3-4-5-6-7-8-9-10-11-12-13-14-15-16-17-18-19-43-22-23-45-26-27-47-30-31-49-34-35-51-38-39-53-41-40-52-37-36-50-33-32-48-29-28-46-25-24-44-21-20-42-2/h3-41H2,1-2H3. The van der Waals surface area contributed by atoms with Gasteiger partial charge in [0.25, 0.3) is 0 Å². The molecule has 0 aromatic rings. The number of hydrogen-bond acceptors (Lipinski definition) is 12. The van der Waals surface area contributed by atoms with Gasteiger partial charge < -0.3 is 56.8 Å². The summed E-state index contributed by atoms with van der Waals surface area (Å²) in [5.74, 6) is 0. The first-order valence-electron chi connectivity index (χ1n) is 21.3. The fourth-order valence-corrected chi connectivity index (χ4v) is 5.20. The van der Waals surface area contributed by atoms with Crippen LogP contribution < -0.4 is 0 Å². The maximum Gasteiger partial charge on any atom is 0.0701 e. The second-order valence-electron chi connectivity index (χ2n) is 13.0. The van der Waals surface area contributed by atoms with E-state index in [0.717, 1.165) is 13.0 Å². The summed E-state index contributed by atoms with van der Waals surface area (Å²) in [6, 6.07) is 0. The molecular weight excluding hydrogens is 684 g/mol. The highest BCUT2D eigenvalue weighted by molar-refractivity contribution is 4.50. The molecule has 0 aliphatic rings. The van der Waals surface area contributed by atoms with E-state index >= 15 is 0 Å². The van der Waals surface area contributed by atoms with Gasteiger partial charge in [0, 0.05) is 13.7 Å². The van der Waals surface area contributed by atoms with Gasteiger partial charge in [0.2, 0.25) is 0 Å². The Morgan fingerprint density at radius 2 is 0.358 bits per heavy atom. The predicted molar refractivity (Wildman–Crippen MR) is 210 cm³/mol. The first-order valence-corrected chi connectivity index (χ1v) is 21.3. The van der Waals surface area contributed by atoms with Gasteiger partial charge >= 0.3 is 0 Å². The van der Waals surface area contributed by atoms with Gasteiger partial charge in [0.15, 0.2) is 0 Å². The van der Waals surface area contributed by atoms with Crippen LogP contribution in [0.25, 0.3) is 0 Å². The number of hydrogen-bond donors (Lipinski definition) is 0. The van der Waals surface area contributed by atoms with Crippen molar-refractivity contribution in [1.29, 1.82) is 0 Å². The molecule has 0 bridgehead atoms. The van der Waals surface area contributed by atoms with Gasteiger partial charge in [-0.3, -0.25) is 0 Å². The van der Waals surface area contributed by atoms with Crippen molar-refractivity contribution in [2.75, 3.05) is 159 Å². The summed E-state index contributed by atoms with van der Waals surface area (Å²) in [6.07, 6.45) is 22.2. The van der Waals surface area contributed by atoms with E-state index < -0.39 is 0 Å². The van der Waals surface area contributed by atoms with Crippen LogP contribution in [0.5, 0.6) is 0 Å². The Morgan fingerprint density at radius 3 is 0.566 bits per heavy atom. The third-order valence-corrected chi connectivity index (χ3v) is 8.29. The van der Waals surface area contributed by atoms with Gasteiger partial charge in [0.05, 0.1) is 145 Å². The molecule has 12 heteroatoms. The van der Waals surface area contributed by atoms with Crippen LogP contribution in [-0.2, 0) is 56.8 Å². The summed E-state index contributed by atoms with van der Waals surface area (Å²) < 4.78 is 65.4. The molecule has 0 N–H and O–H groups in total. The van der Waals surface area contributed by atoms with Crippen LogP contribution in [-0.4, -0.2) is 159 Å². The molecule has 0 fully saturated rings. The van der Waals surface area contributed by atoms with Crippen LogP contribution in [0.1, 0.15) is 110 Å². The van der Waals surface area contributed by atoms with Gasteiger partial charge in [-0.25, -0.2) is 0 Å². The van der Waals surface area contributed by atoms with E-state index in [1.54, 1.807) is 7.11 Å². The average Bonchev–Trinajstić information content (AvgIpc) is 3.17. The Kier molecular flexibility index (Phi) is 51.1. The van der Waals surface area contributed by atoms with Crippen molar-refractivity contribution >= 4 is 0 Å². The van der Waals surface area contributed by atoms with Crippen LogP contribution in [0.3, 0.4) is 0 Å². The predicted octanol–water partition coefficient (Wildman–Crippen LogP) is 7.08. The lowest BCUT2D eigenvalue weighted by Gasteiger charge is -2.09. The lowest BCUT2D eigenvalue weighted by Crippen LogP contribution is -2.15. The smallest absolute Gasteiger partial charge is 0.0701 e. The normalized spacial score (nSPS) is 11.7. The molecule has 0 saturated carbocycles. The van der Waals surface area contributed by atoms with E-state index in [4.69, 9.17) is 56.8 Å². The fourth-order valence-electron chi connectivity index (χ4n) is 5.20. The molecule has 0 aliphatic heterocycles. The summed E-state index contributed by atoms with van der Waals surface area (Å²) in [5, 5.41) is 0. The summed E-state index contributed by atoms with van der Waals surface area (Å²) >= 11 is 0. The van der Waals surface area contributed by atoms with Crippen molar-refractivity contribution in [1.82, 2.24) is 0 Å². The number of ether oxygens (including phenoxy) is 12. The minimum Gasteiger partial charge on any atom is -0.382 e. The van der Waals surface area contributed by atoms with Crippen molar-refractivity contribution in [2.45, 2.75) is 110 Å². The first-order chi connectivity index (χ1) is 26.4. The van der Waals surface area contributed by atoms with Crippen LogP contribution in [0.2, 0.25) is 0 Å². The van der Waals surface area contributed by atoms with Gasteiger partial charge in [-0.1, -0.05) is 103 Å². The molecule has 0 spiro atoms. The van der Waals surface area contributed by atoms with Crippen molar-refractivity contribution < 1.29 is 56.8 Å². The molecule has 0 heterocycles. The number of rotatable bonds is 50. The molecule has 0 saturated heterocycles. The van der Waals surface area contributed by atoms with Crippen molar-refractivity contribution in [3.8, 4) is 0 Å². The Morgan fingerprint density at radius 1 is 0.189 bits per heavy atom. The molecule has 0 radical (unpaired) electrons. The minimum atomic E-state index is 0.522. The number of methoxy groups -OCH3 is 1. The lowest BCUT2D eigenvalue weighted by atomic mass is 10.0. The summed E-state index contributed by atoms with van der Waals surface area (Å²) in [4.78, 5) is 0. The zero-order valence-corrected chi connectivity index (χ0v) is 34.5. The molecule has 320 valence electrons. The lowest BCUT2D eigenvalue weighted by molar-refractivity contribution is -0.0280. The van der Waals surface area contributed by atoms with Crippen molar-refractivity contribution in [3.05, 3.63) is 0 Å². The highest BCUT2D eigenvalue weighted by Crippen LogP contribution is 2.13. The molecule has 0 aliphatic carbocycles. The second kappa shape index (κ2) is 51.5. The average molecular weight is 769 g/mol. The largest absolute Gasteiger partial charge is 0.382 e. The summed E-state index contributed by atoms with van der Waals surface area (Å²) in [7, 11) is 1.65. The molecule has 0 rings (SSSR count). The zero-order chi connectivity index (χ0) is 38.1. The van der Waals surface area contributed by atoms with E-state index in [1.165, 1.54) is 96.3 Å². The monoisotopic (exact) mass is 769 g/mol. The maximum atomic E-state index is 5.69. The highest BCUT2D eigenvalue weighted by Gasteiger charge is 1.98. The van der Waals surface area contributed by atoms with E-state index in [2.05, 4.69) is 6.92 Å². The SMILES string of the molecule is CCCCCCCCCCCCCCCCCCOCCOCCOCCOCCOCCOCCOCCOCCOCCOCCOCCOC. The molecule has 0 atom stereocenters. The summed E-state index contributed by atoms with van der Waals surface area (Å²) in [6.45, 7) is 15.2. The highest BCUT2D eigenvalue weighted by atomic mass is 16.6. The van der Waals surface area contributed by atoms with Crippen molar-refractivity contribution in [3.63, 3.8) is 0 Å². The maximum absolute atomic E-state index is 5.69. The van der Waals surface area contributed by atoms with Crippen LogP contribution >= 0.6 is 0 Å². The Bertz CT molecular complexity index is 569. The Hall–Kier alpha value is -0.480. The van der Waals surface area contributed by atoms with E-state index in [9.17, 15) is 0 Å². The third kappa shape index (κ3) is 51.5. The molecule has 0 aromatic carbocycles. The topological polar surface area (TPSA) is 111 Å². The van der Waals surface area contributed by atoms with Gasteiger partial charge in [-0.15, -0.1) is 0 Å². The van der Waals surface area contributed by atoms with Crippen molar-refractivity contribution in [2.24, 2.45) is 0 Å². The zero-order valence-electron chi connectivity index (χ0n) is 34.5. The van der Waals surface area contributed by atoms with E-state index in [1.807, 2.05) is 0 Å².